The van der Waals surface area contributed by atoms with Gasteiger partial charge >= 0.3 is 5.97 Å². The number of rotatable bonds is 3. The van der Waals surface area contributed by atoms with Gasteiger partial charge in [-0.3, -0.25) is 0 Å². The smallest absolute Gasteiger partial charge is 0.340 e. The van der Waals surface area contributed by atoms with Gasteiger partial charge < -0.3 is 14.5 Å². The zero-order valence-electron chi connectivity index (χ0n) is 14.1. The Morgan fingerprint density at radius 3 is 2.71 bits per heavy atom. The van der Waals surface area contributed by atoms with E-state index in [9.17, 15) is 9.18 Å². The zero-order valence-corrected chi connectivity index (χ0v) is 14.1. The van der Waals surface area contributed by atoms with Gasteiger partial charge in [0.2, 0.25) is 0 Å². The minimum absolute atomic E-state index is 0.282. The summed E-state index contributed by atoms with van der Waals surface area (Å²) in [5.41, 5.74) is 2.52. The maximum Gasteiger partial charge on any atom is 0.340 e. The molecule has 3 rings (SSSR count). The lowest BCUT2D eigenvalue weighted by Gasteiger charge is -2.13. The highest BCUT2D eigenvalue weighted by Crippen LogP contribution is 2.28. The second-order valence-electron chi connectivity index (χ2n) is 4.89. The van der Waals surface area contributed by atoms with Crippen molar-refractivity contribution in [2.45, 2.75) is 20.8 Å². The standard InChI is InChI=1S/C16H14FN3O2.C2H6/c1-10-3-4-13(12(17)7-10)19-15-11(16(21)22-2)5-6-20-9-18-8-14(15)20;1-2/h3-9,19H,1-2H3;1-2H3. The summed E-state index contributed by atoms with van der Waals surface area (Å²) in [6.07, 6.45) is 4.90. The molecule has 1 aromatic carbocycles. The van der Waals surface area contributed by atoms with Gasteiger partial charge in [0.1, 0.15) is 5.82 Å². The van der Waals surface area contributed by atoms with Crippen molar-refractivity contribution in [2.75, 3.05) is 12.4 Å². The summed E-state index contributed by atoms with van der Waals surface area (Å²) in [5.74, 6) is -0.893. The first-order valence-corrected chi connectivity index (χ1v) is 7.66. The van der Waals surface area contributed by atoms with Gasteiger partial charge in [0.25, 0.3) is 0 Å². The summed E-state index contributed by atoms with van der Waals surface area (Å²) in [6, 6.07) is 6.46. The molecule has 1 N–H and O–H groups in total. The Morgan fingerprint density at radius 1 is 1.29 bits per heavy atom. The molecule has 126 valence electrons. The van der Waals surface area contributed by atoms with Crippen molar-refractivity contribution in [2.24, 2.45) is 0 Å². The van der Waals surface area contributed by atoms with E-state index in [-0.39, 0.29) is 5.69 Å². The predicted molar refractivity (Wildman–Crippen MR) is 92.3 cm³/mol. The monoisotopic (exact) mass is 329 g/mol. The molecule has 0 atom stereocenters. The quantitative estimate of drug-likeness (QED) is 0.726. The van der Waals surface area contributed by atoms with Gasteiger partial charge in [0.15, 0.2) is 0 Å². The average Bonchev–Trinajstić information content (AvgIpc) is 3.07. The number of aryl methyl sites for hydroxylation is 1. The fraction of sp³-hybridized carbons (Fsp3) is 0.222. The summed E-state index contributed by atoms with van der Waals surface area (Å²) < 4.78 is 20.6. The lowest BCUT2D eigenvalue weighted by molar-refractivity contribution is 0.0602. The van der Waals surface area contributed by atoms with Gasteiger partial charge in [-0.2, -0.15) is 0 Å². The lowest BCUT2D eigenvalue weighted by atomic mass is 10.1. The summed E-state index contributed by atoms with van der Waals surface area (Å²) in [4.78, 5) is 16.0. The van der Waals surface area contributed by atoms with Crippen LogP contribution in [0.15, 0.2) is 43.0 Å². The Labute approximate surface area is 140 Å². The molecule has 0 fully saturated rings. The number of nitrogens with zero attached hydrogens (tertiary/aromatic N) is 2. The molecule has 0 saturated heterocycles. The van der Waals surface area contributed by atoms with Gasteiger partial charge in [0, 0.05) is 6.20 Å². The number of pyridine rings is 1. The predicted octanol–water partition coefficient (Wildman–Crippen LogP) is 4.34. The lowest BCUT2D eigenvalue weighted by Crippen LogP contribution is -2.08. The Bertz CT molecular complexity index is 859. The van der Waals surface area contributed by atoms with E-state index in [2.05, 4.69) is 10.3 Å². The first kappa shape index (κ1) is 17.5. The van der Waals surface area contributed by atoms with Crippen molar-refractivity contribution in [3.63, 3.8) is 0 Å². The maximum atomic E-state index is 14.1. The Hall–Kier alpha value is -2.89. The number of hydrogen-bond donors (Lipinski definition) is 1. The number of aromatic nitrogens is 2. The molecule has 2 aromatic heterocycles. The highest BCUT2D eigenvalue weighted by Gasteiger charge is 2.17. The zero-order chi connectivity index (χ0) is 17.7. The van der Waals surface area contributed by atoms with E-state index in [1.165, 1.54) is 13.2 Å². The number of esters is 1. The normalized spacial score (nSPS) is 10.0. The van der Waals surface area contributed by atoms with Crippen LogP contribution in [0.4, 0.5) is 15.8 Å². The van der Waals surface area contributed by atoms with E-state index in [1.807, 2.05) is 20.8 Å². The molecule has 0 spiro atoms. The van der Waals surface area contributed by atoms with Crippen LogP contribution in [0.2, 0.25) is 0 Å². The number of hydrogen-bond acceptors (Lipinski definition) is 4. The molecule has 0 aliphatic heterocycles. The van der Waals surface area contributed by atoms with Gasteiger partial charge in [-0.05, 0) is 30.7 Å². The summed E-state index contributed by atoms with van der Waals surface area (Å²) in [6.45, 7) is 5.81. The summed E-state index contributed by atoms with van der Waals surface area (Å²) in [7, 11) is 1.30. The van der Waals surface area contributed by atoms with Crippen molar-refractivity contribution in [1.29, 1.82) is 0 Å². The van der Waals surface area contributed by atoms with Crippen LogP contribution in [0.5, 0.6) is 0 Å². The number of halogens is 1. The second-order valence-corrected chi connectivity index (χ2v) is 4.89. The molecule has 2 heterocycles. The highest BCUT2D eigenvalue weighted by atomic mass is 19.1. The first-order chi connectivity index (χ1) is 11.6. The molecule has 0 aliphatic carbocycles. The van der Waals surface area contributed by atoms with Crippen LogP contribution in [-0.4, -0.2) is 22.5 Å². The van der Waals surface area contributed by atoms with Crippen LogP contribution in [0.1, 0.15) is 29.8 Å². The molecule has 0 saturated carbocycles. The number of imidazole rings is 1. The van der Waals surface area contributed by atoms with Gasteiger partial charge in [-0.15, -0.1) is 0 Å². The van der Waals surface area contributed by atoms with Gasteiger partial charge in [-0.1, -0.05) is 19.9 Å². The molecule has 0 unspecified atom stereocenters. The van der Waals surface area contributed by atoms with Crippen LogP contribution in [0.25, 0.3) is 5.52 Å². The second kappa shape index (κ2) is 7.59. The van der Waals surface area contributed by atoms with Crippen LogP contribution < -0.4 is 5.32 Å². The van der Waals surface area contributed by atoms with Crippen molar-refractivity contribution >= 4 is 22.9 Å². The van der Waals surface area contributed by atoms with E-state index >= 15 is 0 Å². The van der Waals surface area contributed by atoms with Crippen molar-refractivity contribution in [3.05, 3.63) is 59.9 Å². The van der Waals surface area contributed by atoms with Crippen LogP contribution >= 0.6 is 0 Å². The molecule has 5 nitrogen and oxygen atoms in total. The number of fused-ring (bicyclic) bond motifs is 1. The van der Waals surface area contributed by atoms with E-state index in [0.29, 0.717) is 16.8 Å². The largest absolute Gasteiger partial charge is 0.465 e. The molecule has 6 heteroatoms. The number of ether oxygens (including phenoxy) is 1. The van der Waals surface area contributed by atoms with Crippen LogP contribution in [-0.2, 0) is 4.74 Å². The minimum atomic E-state index is -0.501. The molecule has 3 aromatic rings. The van der Waals surface area contributed by atoms with Crippen molar-refractivity contribution in [3.8, 4) is 0 Å². The molecular formula is C18H20FN3O2. The van der Waals surface area contributed by atoms with E-state index < -0.39 is 11.8 Å². The van der Waals surface area contributed by atoms with E-state index in [4.69, 9.17) is 4.74 Å². The molecular weight excluding hydrogens is 309 g/mol. The first-order valence-electron chi connectivity index (χ1n) is 7.66. The van der Waals surface area contributed by atoms with Crippen LogP contribution in [0, 0.1) is 12.7 Å². The fourth-order valence-electron chi connectivity index (χ4n) is 2.26. The number of anilines is 2. The Kier molecular flexibility index (Phi) is 5.52. The number of benzene rings is 1. The van der Waals surface area contributed by atoms with E-state index in [1.54, 1.807) is 41.3 Å². The van der Waals surface area contributed by atoms with Gasteiger partial charge in [0.05, 0.1) is 42.1 Å². The SMILES string of the molecule is CC.COC(=O)c1ccn2cncc2c1Nc1ccc(C)cc1F. The maximum absolute atomic E-state index is 14.1. The summed E-state index contributed by atoms with van der Waals surface area (Å²) in [5, 5.41) is 2.98. The highest BCUT2D eigenvalue weighted by molar-refractivity contribution is 6.00. The minimum Gasteiger partial charge on any atom is -0.465 e. The van der Waals surface area contributed by atoms with Crippen molar-refractivity contribution in [1.82, 2.24) is 9.38 Å². The number of nitrogens with one attached hydrogen (secondary N) is 1. The van der Waals surface area contributed by atoms with Crippen LogP contribution in [0.3, 0.4) is 0 Å². The third-order valence-electron chi connectivity index (χ3n) is 3.38. The number of carbonyl (C=O) groups excluding carboxylic acids is 1. The Balaban J connectivity index is 0.00000100. The number of methoxy groups -OCH3 is 1. The molecule has 24 heavy (non-hydrogen) atoms. The number of carbonyl (C=O) groups is 1. The topological polar surface area (TPSA) is 55.6 Å². The molecule has 0 radical (unpaired) electrons. The fourth-order valence-corrected chi connectivity index (χ4v) is 2.26. The molecule has 0 bridgehead atoms. The Morgan fingerprint density at radius 2 is 2.04 bits per heavy atom. The third kappa shape index (κ3) is 3.37. The third-order valence-corrected chi connectivity index (χ3v) is 3.38. The average molecular weight is 329 g/mol. The summed E-state index contributed by atoms with van der Waals surface area (Å²) >= 11 is 0. The van der Waals surface area contributed by atoms with E-state index in [0.717, 1.165) is 5.56 Å². The van der Waals surface area contributed by atoms with Gasteiger partial charge in [-0.25, -0.2) is 14.2 Å². The molecule has 0 aliphatic rings. The molecule has 0 amide bonds. The van der Waals surface area contributed by atoms with Crippen molar-refractivity contribution < 1.29 is 13.9 Å².